The van der Waals surface area contributed by atoms with Crippen LogP contribution in [0, 0.1) is 6.92 Å². The maximum atomic E-state index is 12.8. The van der Waals surface area contributed by atoms with Crippen LogP contribution < -0.4 is 0 Å². The van der Waals surface area contributed by atoms with Gasteiger partial charge in [0.1, 0.15) is 18.0 Å². The number of alkyl halides is 1. The second-order valence-electron chi connectivity index (χ2n) is 4.61. The number of rotatable bonds is 2. The summed E-state index contributed by atoms with van der Waals surface area (Å²) in [7, 11) is 0. The summed E-state index contributed by atoms with van der Waals surface area (Å²) in [4.78, 5) is 4.45. The van der Waals surface area contributed by atoms with Gasteiger partial charge >= 0.3 is 0 Å². The first-order chi connectivity index (χ1) is 8.44. The zero-order valence-corrected chi connectivity index (χ0v) is 11.4. The van der Waals surface area contributed by atoms with Crippen molar-refractivity contribution in [3.8, 4) is 0 Å². The number of halogens is 2. The smallest absolute Gasteiger partial charge is 0.187 e. The van der Waals surface area contributed by atoms with Crippen LogP contribution in [0.5, 0.6) is 0 Å². The molecule has 0 saturated carbocycles. The largest absolute Gasteiger partial charge is 0.445 e. The summed E-state index contributed by atoms with van der Waals surface area (Å²) in [5, 5.41) is 0.621. The number of aliphatic imine (C=N–C) groups is 1. The van der Waals surface area contributed by atoms with Crippen molar-refractivity contribution in [2.24, 2.45) is 4.99 Å². The van der Waals surface area contributed by atoms with Gasteiger partial charge in [-0.3, -0.25) is 0 Å². The van der Waals surface area contributed by atoms with E-state index in [0.717, 1.165) is 11.1 Å². The molecule has 1 atom stereocenters. The van der Waals surface area contributed by atoms with Crippen LogP contribution in [0.3, 0.4) is 0 Å². The lowest BCUT2D eigenvalue weighted by Gasteiger charge is -2.28. The van der Waals surface area contributed by atoms with Gasteiger partial charge in [-0.1, -0.05) is 29.3 Å². The van der Waals surface area contributed by atoms with Crippen molar-refractivity contribution >= 4 is 17.5 Å². The number of hydrogen-bond acceptors (Lipinski definition) is 2. The third-order valence-electron chi connectivity index (χ3n) is 2.91. The molecule has 2 rings (SSSR count). The van der Waals surface area contributed by atoms with Gasteiger partial charge in [0.2, 0.25) is 0 Å². The Morgan fingerprint density at radius 1 is 1.39 bits per heavy atom. The van der Waals surface area contributed by atoms with E-state index in [2.05, 4.69) is 4.99 Å². The Kier molecular flexibility index (Phi) is 3.44. The zero-order valence-electron chi connectivity index (χ0n) is 10.6. The van der Waals surface area contributed by atoms with E-state index in [-0.39, 0.29) is 5.76 Å². The molecule has 1 aromatic carbocycles. The standard InChI is InChI=1S/C14H15ClFNO/c1-9-4-5-13(15)12(6-9)14(3)7-11(8-16)18-10(2)17-14/h4-7H,8H2,1-3H3/t14-/m0/s1. The predicted molar refractivity (Wildman–Crippen MR) is 71.8 cm³/mol. The van der Waals surface area contributed by atoms with E-state index >= 15 is 0 Å². The minimum absolute atomic E-state index is 0.280. The molecule has 0 fully saturated rings. The molecule has 0 radical (unpaired) electrons. The fourth-order valence-corrected chi connectivity index (χ4v) is 2.45. The van der Waals surface area contributed by atoms with Gasteiger partial charge in [0.05, 0.1) is 0 Å². The Bertz CT molecular complexity index is 539. The first-order valence-corrected chi connectivity index (χ1v) is 6.11. The van der Waals surface area contributed by atoms with Gasteiger partial charge in [0.25, 0.3) is 0 Å². The van der Waals surface area contributed by atoms with Crippen LogP contribution in [0.1, 0.15) is 25.0 Å². The molecule has 1 heterocycles. The lowest BCUT2D eigenvalue weighted by atomic mass is 9.90. The summed E-state index contributed by atoms with van der Waals surface area (Å²) in [6.07, 6.45) is 1.68. The number of allylic oxidation sites excluding steroid dienone is 1. The molecule has 2 nitrogen and oxygen atoms in total. The Hall–Kier alpha value is -1.35. The molecule has 1 aliphatic heterocycles. The molecule has 0 unspecified atom stereocenters. The van der Waals surface area contributed by atoms with E-state index in [9.17, 15) is 4.39 Å². The van der Waals surface area contributed by atoms with Crippen molar-refractivity contribution in [3.05, 3.63) is 46.2 Å². The van der Waals surface area contributed by atoms with Crippen molar-refractivity contribution in [1.82, 2.24) is 0 Å². The first kappa shape index (κ1) is 13.1. The molecular weight excluding hydrogens is 253 g/mol. The second-order valence-corrected chi connectivity index (χ2v) is 5.02. The molecule has 1 aliphatic rings. The highest BCUT2D eigenvalue weighted by Crippen LogP contribution is 2.36. The summed E-state index contributed by atoms with van der Waals surface area (Å²) in [6.45, 7) is 4.95. The van der Waals surface area contributed by atoms with Gasteiger partial charge in [0, 0.05) is 17.5 Å². The lowest BCUT2D eigenvalue weighted by molar-refractivity contribution is 0.319. The van der Waals surface area contributed by atoms with Crippen molar-refractivity contribution in [2.75, 3.05) is 6.67 Å². The van der Waals surface area contributed by atoms with Crippen molar-refractivity contribution < 1.29 is 9.13 Å². The van der Waals surface area contributed by atoms with Crippen molar-refractivity contribution in [3.63, 3.8) is 0 Å². The minimum Gasteiger partial charge on any atom is -0.445 e. The van der Waals surface area contributed by atoms with E-state index in [0.29, 0.717) is 10.9 Å². The molecule has 0 bridgehead atoms. The van der Waals surface area contributed by atoms with Gasteiger partial charge in [-0.2, -0.15) is 0 Å². The van der Waals surface area contributed by atoms with Crippen LogP contribution in [-0.2, 0) is 10.3 Å². The Balaban J connectivity index is 2.56. The molecular formula is C14H15ClFNO. The highest BCUT2D eigenvalue weighted by Gasteiger charge is 2.30. The van der Waals surface area contributed by atoms with Crippen LogP contribution in [0.2, 0.25) is 5.02 Å². The van der Waals surface area contributed by atoms with Crippen LogP contribution in [0.25, 0.3) is 0 Å². The number of ether oxygens (including phenoxy) is 1. The van der Waals surface area contributed by atoms with E-state index in [1.54, 1.807) is 13.0 Å². The normalized spacial score (nSPS) is 23.2. The summed E-state index contributed by atoms with van der Waals surface area (Å²) in [5.74, 6) is 0.729. The average Bonchev–Trinajstić information content (AvgIpc) is 2.31. The van der Waals surface area contributed by atoms with Gasteiger partial charge < -0.3 is 4.74 Å². The Morgan fingerprint density at radius 2 is 2.11 bits per heavy atom. The molecule has 0 amide bonds. The molecule has 0 aromatic heterocycles. The Morgan fingerprint density at radius 3 is 2.78 bits per heavy atom. The number of aryl methyl sites for hydroxylation is 1. The molecule has 1 aromatic rings. The molecule has 0 saturated heterocycles. The van der Waals surface area contributed by atoms with Crippen LogP contribution in [0.4, 0.5) is 4.39 Å². The summed E-state index contributed by atoms with van der Waals surface area (Å²) in [5.41, 5.74) is 1.27. The maximum Gasteiger partial charge on any atom is 0.187 e. The molecule has 0 N–H and O–H groups in total. The van der Waals surface area contributed by atoms with Gasteiger partial charge in [-0.25, -0.2) is 9.38 Å². The minimum atomic E-state index is -0.674. The van der Waals surface area contributed by atoms with Gasteiger partial charge in [-0.05, 0) is 26.0 Å². The number of benzene rings is 1. The van der Waals surface area contributed by atoms with E-state index < -0.39 is 12.2 Å². The summed E-state index contributed by atoms with van der Waals surface area (Å²) >= 11 is 6.22. The van der Waals surface area contributed by atoms with Crippen molar-refractivity contribution in [1.29, 1.82) is 0 Å². The summed E-state index contributed by atoms with van der Waals surface area (Å²) < 4.78 is 18.0. The van der Waals surface area contributed by atoms with Crippen molar-refractivity contribution in [2.45, 2.75) is 26.3 Å². The summed E-state index contributed by atoms with van der Waals surface area (Å²) in [6, 6.07) is 5.74. The zero-order chi connectivity index (χ0) is 13.3. The fourth-order valence-electron chi connectivity index (χ4n) is 2.15. The number of hydrogen-bond donors (Lipinski definition) is 0. The molecule has 4 heteroatoms. The lowest BCUT2D eigenvalue weighted by Crippen LogP contribution is -2.25. The maximum absolute atomic E-state index is 12.8. The van der Waals surface area contributed by atoms with Crippen LogP contribution in [0.15, 0.2) is 35.0 Å². The molecule has 96 valence electrons. The highest BCUT2D eigenvalue weighted by molar-refractivity contribution is 6.31. The van der Waals surface area contributed by atoms with E-state index in [1.165, 1.54) is 0 Å². The topological polar surface area (TPSA) is 21.6 Å². The monoisotopic (exact) mass is 267 g/mol. The number of nitrogens with zero attached hydrogens (tertiary/aromatic N) is 1. The van der Waals surface area contributed by atoms with E-state index in [1.807, 2.05) is 32.0 Å². The third kappa shape index (κ3) is 2.41. The Labute approximate surface area is 111 Å². The first-order valence-electron chi connectivity index (χ1n) is 5.73. The van der Waals surface area contributed by atoms with Gasteiger partial charge in [0.15, 0.2) is 5.90 Å². The molecule has 0 aliphatic carbocycles. The molecule has 18 heavy (non-hydrogen) atoms. The second kappa shape index (κ2) is 4.73. The third-order valence-corrected chi connectivity index (χ3v) is 3.24. The van der Waals surface area contributed by atoms with Crippen LogP contribution in [-0.4, -0.2) is 12.6 Å². The predicted octanol–water partition coefficient (Wildman–Crippen LogP) is 4.17. The highest BCUT2D eigenvalue weighted by atomic mass is 35.5. The van der Waals surface area contributed by atoms with E-state index in [4.69, 9.17) is 16.3 Å². The quantitative estimate of drug-likeness (QED) is 0.788. The molecule has 0 spiro atoms. The fraction of sp³-hybridized carbons (Fsp3) is 0.357. The SMILES string of the molecule is CC1=N[C@](C)(c2cc(C)ccc2Cl)C=C(CF)O1. The average molecular weight is 268 g/mol. The van der Waals surface area contributed by atoms with Crippen LogP contribution >= 0.6 is 11.6 Å². The van der Waals surface area contributed by atoms with Gasteiger partial charge in [-0.15, -0.1) is 0 Å².